The number of hydrogen-bond donors (Lipinski definition) is 3. The second-order valence-electron chi connectivity index (χ2n) is 9.76. The summed E-state index contributed by atoms with van der Waals surface area (Å²) in [5, 5.41) is 5.46. The maximum absolute atomic E-state index is 13.2. The van der Waals surface area contributed by atoms with E-state index in [1.807, 2.05) is 13.8 Å². The molecule has 1 aromatic carbocycles. The first-order chi connectivity index (χ1) is 16.6. The Morgan fingerprint density at radius 2 is 1.83 bits per heavy atom. The van der Waals surface area contributed by atoms with Gasteiger partial charge in [0.2, 0.25) is 21.8 Å². The largest absolute Gasteiger partial charge is 0.354 e. The van der Waals surface area contributed by atoms with Crippen molar-refractivity contribution >= 4 is 33.4 Å². The van der Waals surface area contributed by atoms with E-state index in [2.05, 4.69) is 15.4 Å². The summed E-state index contributed by atoms with van der Waals surface area (Å²) in [7, 11) is -3.89. The first-order valence-electron chi connectivity index (χ1n) is 12.6. The molecule has 198 valence electrons. The van der Waals surface area contributed by atoms with Gasteiger partial charge in [-0.2, -0.15) is 0 Å². The number of carbonyl (C=O) groups excluding carboxylic acids is 2. The summed E-state index contributed by atoms with van der Waals surface area (Å²) < 4.78 is 40.2. The molecule has 1 fully saturated rings. The molecule has 1 aliphatic rings. The molecule has 0 bridgehead atoms. The van der Waals surface area contributed by atoms with Crippen LogP contribution in [0.15, 0.2) is 23.1 Å². The van der Waals surface area contributed by atoms with Crippen molar-refractivity contribution in [2.24, 2.45) is 11.8 Å². The van der Waals surface area contributed by atoms with E-state index in [-0.39, 0.29) is 40.7 Å². The quantitative estimate of drug-likeness (QED) is 0.306. The highest BCUT2D eigenvalue weighted by molar-refractivity contribution is 7.89. The molecule has 1 aliphatic carbocycles. The van der Waals surface area contributed by atoms with Crippen LogP contribution in [0.4, 0.5) is 4.39 Å². The summed E-state index contributed by atoms with van der Waals surface area (Å²) >= 11 is 5.83. The smallest absolute Gasteiger partial charge is 0.242 e. The van der Waals surface area contributed by atoms with Gasteiger partial charge in [-0.15, -0.1) is 0 Å². The average Bonchev–Trinajstić information content (AvgIpc) is 2.78. The molecule has 0 unspecified atom stereocenters. The van der Waals surface area contributed by atoms with Gasteiger partial charge < -0.3 is 10.6 Å². The molecule has 0 aliphatic heterocycles. The molecule has 0 aromatic heterocycles. The predicted octanol–water partition coefficient (Wildman–Crippen LogP) is 4.55. The third-order valence-electron chi connectivity index (χ3n) is 6.23. The highest BCUT2D eigenvalue weighted by Gasteiger charge is 2.22. The van der Waals surface area contributed by atoms with E-state index in [9.17, 15) is 22.4 Å². The molecular formula is C25H39ClFN3O4S. The number of hydrogen-bond acceptors (Lipinski definition) is 4. The molecule has 7 nitrogen and oxygen atoms in total. The van der Waals surface area contributed by atoms with Gasteiger partial charge in [0, 0.05) is 19.5 Å². The van der Waals surface area contributed by atoms with Crippen LogP contribution in [0.2, 0.25) is 5.02 Å². The van der Waals surface area contributed by atoms with Crippen molar-refractivity contribution in [1.29, 1.82) is 0 Å². The lowest BCUT2D eigenvalue weighted by Gasteiger charge is -2.22. The SMILES string of the molecule is CC(C)C[C@H](NC(=O)CCCC1CCCCC1)C(=O)NCCCNS(=O)(=O)c1ccc(F)cc1Cl. The van der Waals surface area contributed by atoms with Gasteiger partial charge in [0.25, 0.3) is 0 Å². The minimum absolute atomic E-state index is 0.0681. The number of benzene rings is 1. The number of amides is 2. The summed E-state index contributed by atoms with van der Waals surface area (Å²) in [5.41, 5.74) is 0. The fourth-order valence-electron chi connectivity index (χ4n) is 4.40. The first kappa shape index (κ1) is 29.5. The molecule has 1 aromatic rings. The third kappa shape index (κ3) is 10.8. The van der Waals surface area contributed by atoms with Gasteiger partial charge >= 0.3 is 0 Å². The third-order valence-corrected chi connectivity index (χ3v) is 8.17. The molecule has 2 amide bonds. The van der Waals surface area contributed by atoms with Crippen LogP contribution in [0, 0.1) is 17.7 Å². The Hall–Kier alpha value is -1.71. The van der Waals surface area contributed by atoms with E-state index in [4.69, 9.17) is 11.6 Å². The van der Waals surface area contributed by atoms with Gasteiger partial charge in [-0.05, 0) is 55.7 Å². The molecule has 0 radical (unpaired) electrons. The summed E-state index contributed by atoms with van der Waals surface area (Å²) in [6.07, 6.45) is 9.59. The second kappa shape index (κ2) is 14.8. The van der Waals surface area contributed by atoms with Crippen LogP contribution in [0.5, 0.6) is 0 Å². The van der Waals surface area contributed by atoms with Crippen LogP contribution >= 0.6 is 11.6 Å². The second-order valence-corrected chi connectivity index (χ2v) is 11.9. The van der Waals surface area contributed by atoms with Crippen molar-refractivity contribution in [3.63, 3.8) is 0 Å². The Bertz CT molecular complexity index is 937. The van der Waals surface area contributed by atoms with E-state index in [1.54, 1.807) is 0 Å². The van der Waals surface area contributed by atoms with E-state index < -0.39 is 21.9 Å². The molecular weight excluding hydrogens is 493 g/mol. The zero-order valence-electron chi connectivity index (χ0n) is 20.7. The van der Waals surface area contributed by atoms with Crippen molar-refractivity contribution in [3.05, 3.63) is 29.0 Å². The average molecular weight is 532 g/mol. The minimum atomic E-state index is -3.89. The zero-order valence-corrected chi connectivity index (χ0v) is 22.3. The number of nitrogens with one attached hydrogen (secondary N) is 3. The van der Waals surface area contributed by atoms with Gasteiger partial charge in [-0.25, -0.2) is 17.5 Å². The Labute approximate surface area is 214 Å². The molecule has 35 heavy (non-hydrogen) atoms. The Morgan fingerprint density at radius 1 is 1.11 bits per heavy atom. The summed E-state index contributed by atoms with van der Waals surface area (Å²) in [6, 6.07) is 2.46. The lowest BCUT2D eigenvalue weighted by molar-refractivity contribution is -0.129. The molecule has 0 saturated heterocycles. The lowest BCUT2D eigenvalue weighted by atomic mass is 9.86. The van der Waals surface area contributed by atoms with Crippen LogP contribution in [0.25, 0.3) is 0 Å². The van der Waals surface area contributed by atoms with Crippen LogP contribution < -0.4 is 15.4 Å². The van der Waals surface area contributed by atoms with Crippen molar-refractivity contribution in [2.75, 3.05) is 13.1 Å². The maximum atomic E-state index is 13.2. The van der Waals surface area contributed by atoms with Crippen LogP contribution in [-0.4, -0.2) is 39.4 Å². The Balaban J connectivity index is 1.73. The fraction of sp³-hybridized carbons (Fsp3) is 0.680. The molecule has 3 N–H and O–H groups in total. The van der Waals surface area contributed by atoms with Crippen molar-refractivity contribution < 1.29 is 22.4 Å². The van der Waals surface area contributed by atoms with Gasteiger partial charge in [0.1, 0.15) is 16.8 Å². The number of rotatable bonds is 14. The standard InChI is InChI=1S/C25H39ClFN3O4S/c1-18(2)16-22(30-24(31)11-6-10-19-8-4-3-5-9-19)25(32)28-14-7-15-29-35(33,34)23-13-12-20(27)17-21(23)26/h12-13,17-19,22,29H,3-11,14-16H2,1-2H3,(H,28,32)(H,30,31)/t22-/m0/s1. The van der Waals surface area contributed by atoms with Gasteiger partial charge in [-0.3, -0.25) is 9.59 Å². The van der Waals surface area contributed by atoms with E-state index in [0.717, 1.165) is 37.0 Å². The predicted molar refractivity (Wildman–Crippen MR) is 136 cm³/mol. The molecule has 0 spiro atoms. The van der Waals surface area contributed by atoms with Gasteiger partial charge in [0.05, 0.1) is 5.02 Å². The number of halogens is 2. The highest BCUT2D eigenvalue weighted by atomic mass is 35.5. The number of carbonyl (C=O) groups is 2. The van der Waals surface area contributed by atoms with Crippen molar-refractivity contribution in [3.8, 4) is 0 Å². The van der Waals surface area contributed by atoms with E-state index in [0.29, 0.717) is 19.3 Å². The number of sulfonamides is 1. The minimum Gasteiger partial charge on any atom is -0.354 e. The van der Waals surface area contributed by atoms with Crippen molar-refractivity contribution in [2.45, 2.75) is 89.0 Å². The summed E-state index contributed by atoms with van der Waals surface area (Å²) in [6.45, 7) is 4.29. The van der Waals surface area contributed by atoms with E-state index in [1.165, 1.54) is 32.1 Å². The van der Waals surface area contributed by atoms with Crippen LogP contribution in [0.3, 0.4) is 0 Å². The van der Waals surface area contributed by atoms with Crippen LogP contribution in [-0.2, 0) is 19.6 Å². The Morgan fingerprint density at radius 3 is 2.49 bits per heavy atom. The lowest BCUT2D eigenvalue weighted by Crippen LogP contribution is -2.47. The zero-order chi connectivity index (χ0) is 25.8. The van der Waals surface area contributed by atoms with Crippen molar-refractivity contribution in [1.82, 2.24) is 15.4 Å². The monoisotopic (exact) mass is 531 g/mol. The summed E-state index contributed by atoms with van der Waals surface area (Å²) in [4.78, 5) is 24.9. The molecule has 10 heteroatoms. The maximum Gasteiger partial charge on any atom is 0.242 e. The summed E-state index contributed by atoms with van der Waals surface area (Å²) in [5.74, 6) is -0.0541. The van der Waals surface area contributed by atoms with Gasteiger partial charge in [-0.1, -0.05) is 57.6 Å². The topological polar surface area (TPSA) is 104 Å². The van der Waals surface area contributed by atoms with Crippen LogP contribution in [0.1, 0.15) is 78.1 Å². The molecule has 1 saturated carbocycles. The van der Waals surface area contributed by atoms with Gasteiger partial charge in [0.15, 0.2) is 0 Å². The first-order valence-corrected chi connectivity index (χ1v) is 14.5. The highest BCUT2D eigenvalue weighted by Crippen LogP contribution is 2.27. The molecule has 2 rings (SSSR count). The normalized spacial score (nSPS) is 15.7. The molecule has 1 atom stereocenters. The fourth-order valence-corrected chi connectivity index (χ4v) is 6.00. The van der Waals surface area contributed by atoms with E-state index >= 15 is 0 Å². The molecule has 0 heterocycles. The Kier molecular flexibility index (Phi) is 12.4.